The van der Waals surface area contributed by atoms with Crippen molar-refractivity contribution < 1.29 is 4.79 Å². The van der Waals surface area contributed by atoms with Gasteiger partial charge in [0.2, 0.25) is 5.82 Å². The fourth-order valence-corrected chi connectivity index (χ4v) is 3.01. The van der Waals surface area contributed by atoms with Crippen molar-refractivity contribution in [3.05, 3.63) is 30.3 Å². The molecule has 7 nitrogen and oxygen atoms in total. The van der Waals surface area contributed by atoms with Gasteiger partial charge in [-0.2, -0.15) is 4.80 Å². The molecule has 3 rings (SSSR count). The number of hydrogen-bond donors (Lipinski definition) is 2. The molecule has 2 aromatic rings. The molecule has 0 radical (unpaired) electrons. The molecule has 1 aromatic carbocycles. The average molecular weight is 328 g/mol. The molecule has 0 aliphatic heterocycles. The van der Waals surface area contributed by atoms with E-state index in [0.717, 1.165) is 37.7 Å². The molecule has 0 atom stereocenters. The van der Waals surface area contributed by atoms with Crippen molar-refractivity contribution in [2.24, 2.45) is 0 Å². The maximum Gasteiger partial charge on any atom is 0.315 e. The maximum atomic E-state index is 11.7. The van der Waals surface area contributed by atoms with E-state index in [9.17, 15) is 4.79 Å². The maximum absolute atomic E-state index is 11.7. The Bertz CT molecular complexity index is 648. The second-order valence-corrected chi connectivity index (χ2v) is 6.21. The number of nitrogens with zero attached hydrogens (tertiary/aromatic N) is 4. The SMILES string of the molecule is CCCNC(=O)NC1CCC(n2nnc(-c3ccccc3)n2)CC1. The Morgan fingerprint density at radius 3 is 2.67 bits per heavy atom. The van der Waals surface area contributed by atoms with Gasteiger partial charge in [-0.05, 0) is 37.3 Å². The van der Waals surface area contributed by atoms with Crippen molar-refractivity contribution in [2.45, 2.75) is 51.1 Å². The van der Waals surface area contributed by atoms with Gasteiger partial charge in [-0.15, -0.1) is 10.2 Å². The number of carbonyl (C=O) groups is 1. The number of aromatic nitrogens is 4. The van der Waals surface area contributed by atoms with Gasteiger partial charge in [0.05, 0.1) is 6.04 Å². The molecule has 1 aliphatic rings. The molecular weight excluding hydrogens is 304 g/mol. The van der Waals surface area contributed by atoms with Gasteiger partial charge in [-0.1, -0.05) is 37.3 Å². The third-order valence-electron chi connectivity index (χ3n) is 4.35. The van der Waals surface area contributed by atoms with E-state index in [1.807, 2.05) is 37.3 Å². The lowest BCUT2D eigenvalue weighted by molar-refractivity contribution is 0.221. The predicted molar refractivity (Wildman–Crippen MR) is 91.4 cm³/mol. The van der Waals surface area contributed by atoms with Crippen molar-refractivity contribution in [1.29, 1.82) is 0 Å². The highest BCUT2D eigenvalue weighted by molar-refractivity contribution is 5.74. The van der Waals surface area contributed by atoms with Gasteiger partial charge < -0.3 is 10.6 Å². The van der Waals surface area contributed by atoms with Gasteiger partial charge in [0.25, 0.3) is 0 Å². The van der Waals surface area contributed by atoms with Crippen molar-refractivity contribution in [1.82, 2.24) is 30.8 Å². The van der Waals surface area contributed by atoms with Crippen LogP contribution in [0.1, 0.15) is 45.1 Å². The van der Waals surface area contributed by atoms with Crippen molar-refractivity contribution in [2.75, 3.05) is 6.54 Å². The summed E-state index contributed by atoms with van der Waals surface area (Å²) >= 11 is 0. The van der Waals surface area contributed by atoms with E-state index < -0.39 is 0 Å². The number of benzene rings is 1. The normalized spacial score (nSPS) is 20.5. The molecule has 0 unspecified atom stereocenters. The second kappa shape index (κ2) is 7.90. The minimum Gasteiger partial charge on any atom is -0.338 e. The highest BCUT2D eigenvalue weighted by atomic mass is 16.2. The molecule has 2 amide bonds. The highest BCUT2D eigenvalue weighted by Crippen LogP contribution is 2.27. The first kappa shape index (κ1) is 16.4. The van der Waals surface area contributed by atoms with Crippen molar-refractivity contribution in [3.8, 4) is 11.4 Å². The van der Waals surface area contributed by atoms with Crippen molar-refractivity contribution >= 4 is 6.03 Å². The summed E-state index contributed by atoms with van der Waals surface area (Å²) in [4.78, 5) is 13.5. The minimum atomic E-state index is -0.0643. The van der Waals surface area contributed by atoms with Crippen LogP contribution in [-0.4, -0.2) is 38.8 Å². The zero-order valence-corrected chi connectivity index (χ0v) is 14.0. The topological polar surface area (TPSA) is 84.7 Å². The molecule has 128 valence electrons. The molecular formula is C17H24N6O. The first-order chi connectivity index (χ1) is 11.8. The van der Waals surface area contributed by atoms with E-state index in [0.29, 0.717) is 12.4 Å². The zero-order valence-electron chi connectivity index (χ0n) is 14.0. The largest absolute Gasteiger partial charge is 0.338 e. The van der Waals surface area contributed by atoms with Crippen LogP contribution in [0.5, 0.6) is 0 Å². The summed E-state index contributed by atoms with van der Waals surface area (Å²) in [5.41, 5.74) is 0.978. The standard InChI is InChI=1S/C17H24N6O/c1-2-12-18-17(24)19-14-8-10-15(11-9-14)23-21-16(20-22-23)13-6-4-3-5-7-13/h3-7,14-15H,2,8-12H2,1H3,(H2,18,19,24). The van der Waals surface area contributed by atoms with Crippen LogP contribution < -0.4 is 10.6 Å². The number of amides is 2. The van der Waals surface area contributed by atoms with Crippen molar-refractivity contribution in [3.63, 3.8) is 0 Å². The number of rotatable bonds is 5. The van der Waals surface area contributed by atoms with Gasteiger partial charge in [-0.3, -0.25) is 0 Å². The van der Waals surface area contributed by atoms with E-state index in [4.69, 9.17) is 0 Å². The third-order valence-corrected chi connectivity index (χ3v) is 4.35. The van der Waals surface area contributed by atoms with E-state index in [2.05, 4.69) is 26.0 Å². The number of carbonyl (C=O) groups excluding carboxylic acids is 1. The lowest BCUT2D eigenvalue weighted by Gasteiger charge is -2.28. The van der Waals surface area contributed by atoms with Crippen LogP contribution in [0.15, 0.2) is 30.3 Å². The Hall–Kier alpha value is -2.44. The Labute approximate surface area is 141 Å². The first-order valence-electron chi connectivity index (χ1n) is 8.65. The Morgan fingerprint density at radius 2 is 1.96 bits per heavy atom. The Kier molecular flexibility index (Phi) is 5.40. The van der Waals surface area contributed by atoms with Gasteiger partial charge in [0, 0.05) is 18.2 Å². The van der Waals surface area contributed by atoms with Crippen LogP contribution in [0.25, 0.3) is 11.4 Å². The molecule has 7 heteroatoms. The van der Waals surface area contributed by atoms with E-state index in [1.54, 1.807) is 4.80 Å². The molecule has 24 heavy (non-hydrogen) atoms. The second-order valence-electron chi connectivity index (χ2n) is 6.21. The van der Waals surface area contributed by atoms with Crippen LogP contribution in [0, 0.1) is 0 Å². The van der Waals surface area contributed by atoms with Crippen LogP contribution >= 0.6 is 0 Å². The summed E-state index contributed by atoms with van der Waals surface area (Å²) in [7, 11) is 0. The molecule has 1 aromatic heterocycles. The summed E-state index contributed by atoms with van der Waals surface area (Å²) in [5.74, 6) is 0.662. The zero-order chi connectivity index (χ0) is 16.8. The number of nitrogens with one attached hydrogen (secondary N) is 2. The predicted octanol–water partition coefficient (Wildman–Crippen LogP) is 2.53. The van der Waals surface area contributed by atoms with E-state index in [1.165, 1.54) is 0 Å². The lowest BCUT2D eigenvalue weighted by atomic mass is 9.91. The van der Waals surface area contributed by atoms with Gasteiger partial charge in [0.15, 0.2) is 0 Å². The first-order valence-corrected chi connectivity index (χ1v) is 8.65. The molecule has 0 saturated heterocycles. The number of hydrogen-bond acceptors (Lipinski definition) is 4. The minimum absolute atomic E-state index is 0.0643. The lowest BCUT2D eigenvalue weighted by Crippen LogP contribution is -2.44. The van der Waals surface area contributed by atoms with Gasteiger partial charge in [-0.25, -0.2) is 4.79 Å². The fraction of sp³-hybridized carbons (Fsp3) is 0.529. The van der Waals surface area contributed by atoms with Crippen LogP contribution in [0.3, 0.4) is 0 Å². The number of tetrazole rings is 1. The van der Waals surface area contributed by atoms with Crippen LogP contribution in [0.4, 0.5) is 4.79 Å². The monoisotopic (exact) mass is 328 g/mol. The molecule has 1 saturated carbocycles. The molecule has 1 aliphatic carbocycles. The van der Waals surface area contributed by atoms with Gasteiger partial charge >= 0.3 is 6.03 Å². The Morgan fingerprint density at radius 1 is 1.21 bits per heavy atom. The average Bonchev–Trinajstić information content (AvgIpc) is 3.11. The van der Waals surface area contributed by atoms with E-state index >= 15 is 0 Å². The Balaban J connectivity index is 1.52. The fourth-order valence-electron chi connectivity index (χ4n) is 3.01. The van der Waals surface area contributed by atoms with Crippen LogP contribution in [0.2, 0.25) is 0 Å². The molecule has 1 fully saturated rings. The summed E-state index contributed by atoms with van der Waals surface area (Å²) in [6.45, 7) is 2.76. The quantitative estimate of drug-likeness (QED) is 0.883. The summed E-state index contributed by atoms with van der Waals surface area (Å²) < 4.78 is 0. The van der Waals surface area contributed by atoms with E-state index in [-0.39, 0.29) is 18.1 Å². The molecule has 2 N–H and O–H groups in total. The molecule has 1 heterocycles. The summed E-state index contributed by atoms with van der Waals surface area (Å²) in [6.07, 6.45) is 4.72. The third kappa shape index (κ3) is 4.10. The van der Waals surface area contributed by atoms with Gasteiger partial charge in [0.1, 0.15) is 0 Å². The summed E-state index contributed by atoms with van der Waals surface area (Å²) in [5, 5.41) is 18.8. The number of urea groups is 1. The highest BCUT2D eigenvalue weighted by Gasteiger charge is 2.25. The molecule has 0 bridgehead atoms. The summed E-state index contributed by atoms with van der Waals surface area (Å²) in [6, 6.07) is 10.3. The van der Waals surface area contributed by atoms with Crippen LogP contribution in [-0.2, 0) is 0 Å². The smallest absolute Gasteiger partial charge is 0.315 e. The molecule has 0 spiro atoms.